The number of carbonyl (C=O) groups is 2. The van der Waals surface area contributed by atoms with Gasteiger partial charge >= 0.3 is 5.97 Å². The summed E-state index contributed by atoms with van der Waals surface area (Å²) in [5.41, 5.74) is 0.789. The van der Waals surface area contributed by atoms with Gasteiger partial charge in [-0.15, -0.1) is 0 Å². The van der Waals surface area contributed by atoms with Crippen LogP contribution in [-0.4, -0.2) is 35.9 Å². The first kappa shape index (κ1) is 16.9. The number of nitrogens with zero attached hydrogens (tertiary/aromatic N) is 1. The number of anilines is 1. The Labute approximate surface area is 139 Å². The quantitative estimate of drug-likeness (QED) is 0.799. The lowest BCUT2D eigenvalue weighted by Crippen LogP contribution is -2.46. The minimum absolute atomic E-state index is 0.00881. The Bertz CT molecular complexity index is 690. The number of methoxy groups -OCH3 is 1. The van der Waals surface area contributed by atoms with Crippen LogP contribution in [0.5, 0.6) is 5.75 Å². The fourth-order valence-electron chi connectivity index (χ4n) is 2.25. The number of hydrogen-bond donors (Lipinski definition) is 2. The highest BCUT2D eigenvalue weighted by Gasteiger charge is 2.31. The Kier molecular flexibility index (Phi) is 5.65. The van der Waals surface area contributed by atoms with E-state index in [2.05, 4.69) is 12.6 Å². The van der Waals surface area contributed by atoms with Gasteiger partial charge in [0.05, 0.1) is 12.7 Å². The van der Waals surface area contributed by atoms with Gasteiger partial charge in [0, 0.05) is 11.4 Å². The van der Waals surface area contributed by atoms with E-state index in [9.17, 15) is 14.7 Å². The highest BCUT2D eigenvalue weighted by molar-refractivity contribution is 7.80. The van der Waals surface area contributed by atoms with Crippen molar-refractivity contribution in [3.63, 3.8) is 0 Å². The van der Waals surface area contributed by atoms with Crippen LogP contribution < -0.4 is 9.64 Å². The zero-order valence-corrected chi connectivity index (χ0v) is 13.4. The number of thiol groups is 1. The summed E-state index contributed by atoms with van der Waals surface area (Å²) < 4.78 is 5.21. The van der Waals surface area contributed by atoms with Crippen LogP contribution in [0.2, 0.25) is 0 Å². The van der Waals surface area contributed by atoms with Crippen molar-refractivity contribution in [3.05, 3.63) is 60.2 Å². The van der Waals surface area contributed by atoms with Gasteiger partial charge in [-0.2, -0.15) is 12.6 Å². The molecular weight excluding hydrogens is 314 g/mol. The first-order valence-corrected chi connectivity index (χ1v) is 7.58. The number of aliphatic carboxylic acids is 1. The van der Waals surface area contributed by atoms with Crippen molar-refractivity contribution in [1.82, 2.24) is 0 Å². The average molecular weight is 331 g/mol. The van der Waals surface area contributed by atoms with Gasteiger partial charge in [0.2, 0.25) is 0 Å². The summed E-state index contributed by atoms with van der Waals surface area (Å²) in [7, 11) is 1.46. The number of rotatable bonds is 6. The van der Waals surface area contributed by atoms with Gasteiger partial charge in [-0.1, -0.05) is 30.3 Å². The molecule has 23 heavy (non-hydrogen) atoms. The Balaban J connectivity index is 2.53. The first-order valence-electron chi connectivity index (χ1n) is 6.95. The molecule has 1 amide bonds. The van der Waals surface area contributed by atoms with Crippen LogP contribution in [0.1, 0.15) is 10.4 Å². The molecule has 1 atom stereocenters. The standard InChI is InChI=1S/C17H17NO4S/c1-22-15-10-6-5-9-13(15)16(19)18(14(11-23)17(20)21)12-7-3-2-4-8-12/h2-10,14,23H,11H2,1H3,(H,20,21)/t14-/m1/s1. The van der Waals surface area contributed by atoms with Crippen molar-refractivity contribution in [3.8, 4) is 5.75 Å². The van der Waals surface area contributed by atoms with Crippen LogP contribution in [0.3, 0.4) is 0 Å². The molecule has 0 saturated carbocycles. The number of benzene rings is 2. The molecule has 6 heteroatoms. The van der Waals surface area contributed by atoms with Crippen molar-refractivity contribution in [1.29, 1.82) is 0 Å². The third-order valence-corrected chi connectivity index (χ3v) is 3.71. The van der Waals surface area contributed by atoms with E-state index in [1.54, 1.807) is 54.6 Å². The van der Waals surface area contributed by atoms with Crippen molar-refractivity contribution in [2.75, 3.05) is 17.8 Å². The SMILES string of the molecule is COc1ccccc1C(=O)N(c1ccccc1)[C@H](CS)C(=O)O. The number of amides is 1. The molecule has 5 nitrogen and oxygen atoms in total. The molecule has 0 unspecified atom stereocenters. The van der Waals surface area contributed by atoms with E-state index in [1.165, 1.54) is 12.0 Å². The molecule has 0 fully saturated rings. The average Bonchev–Trinajstić information content (AvgIpc) is 2.59. The van der Waals surface area contributed by atoms with Gasteiger partial charge in [0.15, 0.2) is 0 Å². The molecule has 0 spiro atoms. The van der Waals surface area contributed by atoms with Crippen molar-refractivity contribution in [2.24, 2.45) is 0 Å². The van der Waals surface area contributed by atoms with Crippen LogP contribution in [0.25, 0.3) is 0 Å². The van der Waals surface area contributed by atoms with E-state index in [-0.39, 0.29) is 5.75 Å². The number of ether oxygens (including phenoxy) is 1. The van der Waals surface area contributed by atoms with E-state index >= 15 is 0 Å². The first-order chi connectivity index (χ1) is 11.1. The molecule has 2 aromatic rings. The summed E-state index contributed by atoms with van der Waals surface area (Å²) in [6, 6.07) is 14.3. The van der Waals surface area contributed by atoms with Crippen molar-refractivity contribution < 1.29 is 19.4 Å². The summed E-state index contributed by atoms with van der Waals surface area (Å²) in [5, 5.41) is 9.45. The normalized spacial score (nSPS) is 11.6. The van der Waals surface area contributed by atoms with Gasteiger partial charge < -0.3 is 9.84 Å². The smallest absolute Gasteiger partial charge is 0.327 e. The van der Waals surface area contributed by atoms with Gasteiger partial charge in [0.25, 0.3) is 5.91 Å². The van der Waals surface area contributed by atoms with Gasteiger partial charge in [0.1, 0.15) is 11.8 Å². The Morgan fingerprint density at radius 2 is 1.74 bits per heavy atom. The maximum absolute atomic E-state index is 13.0. The molecule has 120 valence electrons. The molecule has 0 saturated heterocycles. The Morgan fingerprint density at radius 1 is 1.13 bits per heavy atom. The fraction of sp³-hybridized carbons (Fsp3) is 0.176. The number of hydrogen-bond acceptors (Lipinski definition) is 4. The van der Waals surface area contributed by atoms with Crippen molar-refractivity contribution >= 4 is 30.2 Å². The summed E-state index contributed by atoms with van der Waals surface area (Å²) in [6.07, 6.45) is 0. The van der Waals surface area contributed by atoms with Gasteiger partial charge in [-0.05, 0) is 24.3 Å². The van der Waals surface area contributed by atoms with E-state index in [0.717, 1.165) is 0 Å². The highest BCUT2D eigenvalue weighted by atomic mass is 32.1. The molecule has 0 heterocycles. The van der Waals surface area contributed by atoms with Crippen LogP contribution in [-0.2, 0) is 4.79 Å². The minimum atomic E-state index is -1.12. The predicted molar refractivity (Wildman–Crippen MR) is 91.5 cm³/mol. The zero-order chi connectivity index (χ0) is 16.8. The van der Waals surface area contributed by atoms with Crippen LogP contribution >= 0.6 is 12.6 Å². The molecule has 0 bridgehead atoms. The lowest BCUT2D eigenvalue weighted by molar-refractivity contribution is -0.137. The second-order valence-corrected chi connectivity index (χ2v) is 5.11. The topological polar surface area (TPSA) is 66.8 Å². The third-order valence-electron chi connectivity index (χ3n) is 3.36. The number of carbonyl (C=O) groups excluding carboxylic acids is 1. The molecule has 0 radical (unpaired) electrons. The van der Waals surface area contributed by atoms with E-state index in [0.29, 0.717) is 17.0 Å². The number of carboxylic acid groups (broad SMARTS) is 1. The lowest BCUT2D eigenvalue weighted by Gasteiger charge is -2.28. The molecular formula is C17H17NO4S. The third kappa shape index (κ3) is 3.65. The molecule has 0 aromatic heterocycles. The monoisotopic (exact) mass is 331 g/mol. The van der Waals surface area contributed by atoms with Crippen LogP contribution in [0, 0.1) is 0 Å². The minimum Gasteiger partial charge on any atom is -0.496 e. The highest BCUT2D eigenvalue weighted by Crippen LogP contribution is 2.25. The maximum Gasteiger partial charge on any atom is 0.327 e. The second kappa shape index (κ2) is 7.69. The van der Waals surface area contributed by atoms with Gasteiger partial charge in [-0.25, -0.2) is 4.79 Å². The molecule has 2 aromatic carbocycles. The second-order valence-electron chi connectivity index (χ2n) is 4.75. The van der Waals surface area contributed by atoms with E-state index < -0.39 is 17.9 Å². The summed E-state index contributed by atoms with van der Waals surface area (Å²) in [4.78, 5) is 25.8. The molecule has 0 aliphatic carbocycles. The molecule has 0 aliphatic heterocycles. The summed E-state index contributed by atoms with van der Waals surface area (Å²) in [5.74, 6) is -1.19. The Hall–Kier alpha value is -2.47. The predicted octanol–water partition coefficient (Wildman–Crippen LogP) is 2.73. The van der Waals surface area contributed by atoms with Gasteiger partial charge in [-0.3, -0.25) is 9.69 Å². The van der Waals surface area contributed by atoms with Crippen molar-refractivity contribution in [2.45, 2.75) is 6.04 Å². The largest absolute Gasteiger partial charge is 0.496 e. The maximum atomic E-state index is 13.0. The zero-order valence-electron chi connectivity index (χ0n) is 12.5. The number of carboxylic acids is 1. The van der Waals surface area contributed by atoms with E-state index in [1.807, 2.05) is 0 Å². The fourth-order valence-corrected chi connectivity index (χ4v) is 2.57. The molecule has 1 N–H and O–H groups in total. The molecule has 2 rings (SSSR count). The van der Waals surface area contributed by atoms with Crippen LogP contribution in [0.15, 0.2) is 54.6 Å². The van der Waals surface area contributed by atoms with E-state index in [4.69, 9.17) is 4.74 Å². The summed E-state index contributed by atoms with van der Waals surface area (Å²) >= 11 is 4.09. The summed E-state index contributed by atoms with van der Waals surface area (Å²) in [6.45, 7) is 0. The van der Waals surface area contributed by atoms with Crippen LogP contribution in [0.4, 0.5) is 5.69 Å². The lowest BCUT2D eigenvalue weighted by atomic mass is 10.1. The Morgan fingerprint density at radius 3 is 2.30 bits per heavy atom. The number of para-hydroxylation sites is 2. The molecule has 0 aliphatic rings.